The number of carbonyl (C=O) groups excluding carboxylic acids is 1. The summed E-state index contributed by atoms with van der Waals surface area (Å²) in [6.07, 6.45) is 1.59. The first-order valence-electron chi connectivity index (χ1n) is 9.82. The smallest absolute Gasteiger partial charge is 0.274 e. The van der Waals surface area contributed by atoms with Crippen molar-refractivity contribution in [1.82, 2.24) is 14.9 Å². The predicted molar refractivity (Wildman–Crippen MR) is 120 cm³/mol. The third-order valence-electron chi connectivity index (χ3n) is 5.16. The Labute approximate surface area is 178 Å². The number of methoxy groups -OCH3 is 1. The molecular weight excluding hydrogens is 402 g/mol. The Hall–Kier alpha value is -2.91. The molecule has 0 bridgehead atoms. The summed E-state index contributed by atoms with van der Waals surface area (Å²) in [5, 5.41) is 6.92. The zero-order valence-electron chi connectivity index (χ0n) is 17.4. The second-order valence-electron chi connectivity index (χ2n) is 7.69. The van der Waals surface area contributed by atoms with E-state index in [1.165, 1.54) is 22.0 Å². The van der Waals surface area contributed by atoms with Gasteiger partial charge in [0.1, 0.15) is 5.52 Å². The van der Waals surface area contributed by atoms with Crippen molar-refractivity contribution in [2.45, 2.75) is 25.9 Å². The lowest BCUT2D eigenvalue weighted by molar-refractivity contribution is 0.102. The number of hydrogen-bond donors (Lipinski definition) is 2. The van der Waals surface area contributed by atoms with Gasteiger partial charge in [0.05, 0.1) is 28.7 Å². The average Bonchev–Trinajstić information content (AvgIpc) is 3.13. The van der Waals surface area contributed by atoms with Crippen LogP contribution in [0.1, 0.15) is 24.2 Å². The number of piperazine rings is 1. The number of aromatic nitrogens is 2. The molecule has 1 amide bonds. The van der Waals surface area contributed by atoms with Gasteiger partial charge in [0, 0.05) is 44.5 Å². The van der Waals surface area contributed by atoms with Gasteiger partial charge < -0.3 is 24.8 Å². The van der Waals surface area contributed by atoms with Crippen LogP contribution in [0, 0.1) is 0 Å². The second kappa shape index (κ2) is 8.08. The van der Waals surface area contributed by atoms with Crippen LogP contribution in [0.3, 0.4) is 0 Å². The Morgan fingerprint density at radius 1 is 1.23 bits per heavy atom. The molecule has 3 heterocycles. The van der Waals surface area contributed by atoms with E-state index in [1.807, 2.05) is 12.1 Å². The van der Waals surface area contributed by atoms with Crippen molar-refractivity contribution in [3.63, 3.8) is 0 Å². The molecule has 4 rings (SSSR count). The number of thiazole rings is 1. The number of amides is 1. The monoisotopic (exact) mass is 427 g/mol. The standard InChI is InChI=1S/C21H25N5O3S/c1-12-9-26(10-13(2)22-12)16-7-6-15(18-19(16)30-21(24-18)29-4)20(28)23-14-5-8-17(27)25(3)11-14/h5-8,11-13,22H,9-10H2,1-4H3,(H,23,28)/t12-,13-/m0/s1. The number of carbonyl (C=O) groups is 1. The molecule has 30 heavy (non-hydrogen) atoms. The number of pyridine rings is 1. The number of benzene rings is 1. The van der Waals surface area contributed by atoms with Gasteiger partial charge in [-0.1, -0.05) is 11.3 Å². The molecule has 0 radical (unpaired) electrons. The summed E-state index contributed by atoms with van der Waals surface area (Å²) in [6.45, 7) is 6.09. The molecule has 8 nitrogen and oxygen atoms in total. The van der Waals surface area contributed by atoms with E-state index >= 15 is 0 Å². The number of aryl methyl sites for hydroxylation is 1. The molecule has 0 saturated carbocycles. The minimum atomic E-state index is -0.278. The Kier molecular flexibility index (Phi) is 5.48. The Morgan fingerprint density at radius 2 is 1.97 bits per heavy atom. The highest BCUT2D eigenvalue weighted by atomic mass is 32.1. The normalized spacial score (nSPS) is 19.1. The molecule has 1 fully saturated rings. The second-order valence-corrected chi connectivity index (χ2v) is 8.65. The summed E-state index contributed by atoms with van der Waals surface area (Å²) < 4.78 is 7.73. The highest BCUT2D eigenvalue weighted by Crippen LogP contribution is 2.38. The van der Waals surface area contributed by atoms with Crippen LogP contribution >= 0.6 is 11.3 Å². The Morgan fingerprint density at radius 3 is 2.63 bits per heavy atom. The fraction of sp³-hybridized carbons (Fsp3) is 0.381. The van der Waals surface area contributed by atoms with Crippen LogP contribution < -0.4 is 25.8 Å². The highest BCUT2D eigenvalue weighted by molar-refractivity contribution is 7.21. The van der Waals surface area contributed by atoms with Crippen LogP contribution in [0.4, 0.5) is 11.4 Å². The summed E-state index contributed by atoms with van der Waals surface area (Å²) in [7, 11) is 3.22. The van der Waals surface area contributed by atoms with Gasteiger partial charge in [0.2, 0.25) is 5.56 Å². The summed E-state index contributed by atoms with van der Waals surface area (Å²) in [4.78, 5) is 31.5. The lowest BCUT2D eigenvalue weighted by Crippen LogP contribution is -2.54. The van der Waals surface area contributed by atoms with Gasteiger partial charge in [-0.2, -0.15) is 0 Å². The summed E-state index contributed by atoms with van der Waals surface area (Å²) >= 11 is 1.44. The van der Waals surface area contributed by atoms with E-state index in [4.69, 9.17) is 4.74 Å². The maximum atomic E-state index is 13.0. The molecule has 1 saturated heterocycles. The van der Waals surface area contributed by atoms with Crippen molar-refractivity contribution in [1.29, 1.82) is 0 Å². The van der Waals surface area contributed by atoms with E-state index < -0.39 is 0 Å². The maximum absolute atomic E-state index is 13.0. The number of rotatable bonds is 4. The van der Waals surface area contributed by atoms with E-state index in [2.05, 4.69) is 34.4 Å². The summed E-state index contributed by atoms with van der Waals surface area (Å²) in [6, 6.07) is 7.55. The van der Waals surface area contributed by atoms with Crippen molar-refractivity contribution in [2.75, 3.05) is 30.4 Å². The Bertz CT molecular complexity index is 1150. The van der Waals surface area contributed by atoms with Crippen molar-refractivity contribution in [3.05, 3.63) is 46.4 Å². The lowest BCUT2D eigenvalue weighted by Gasteiger charge is -2.37. The number of fused-ring (bicyclic) bond motifs is 1. The molecule has 1 aliphatic rings. The van der Waals surface area contributed by atoms with Crippen LogP contribution in [0.25, 0.3) is 10.2 Å². The third kappa shape index (κ3) is 3.90. The molecule has 0 spiro atoms. The molecule has 2 aromatic heterocycles. The van der Waals surface area contributed by atoms with Crippen LogP contribution in [0.5, 0.6) is 5.19 Å². The molecule has 2 N–H and O–H groups in total. The zero-order chi connectivity index (χ0) is 21.4. The SMILES string of the molecule is COc1nc2c(C(=O)Nc3ccc(=O)n(C)c3)ccc(N3C[C@H](C)N[C@@H](C)C3)c2s1. The van der Waals surface area contributed by atoms with Crippen LogP contribution in [-0.4, -0.2) is 47.7 Å². The maximum Gasteiger partial charge on any atom is 0.274 e. The van der Waals surface area contributed by atoms with Crippen LogP contribution in [-0.2, 0) is 7.05 Å². The zero-order valence-corrected chi connectivity index (χ0v) is 18.2. The number of nitrogens with one attached hydrogen (secondary N) is 2. The minimum Gasteiger partial charge on any atom is -0.473 e. The molecular formula is C21H25N5O3S. The van der Waals surface area contributed by atoms with Gasteiger partial charge in [-0.3, -0.25) is 9.59 Å². The lowest BCUT2D eigenvalue weighted by atomic mass is 10.1. The summed E-state index contributed by atoms with van der Waals surface area (Å²) in [5.41, 5.74) is 2.56. The molecule has 1 aromatic carbocycles. The molecule has 1 aliphatic heterocycles. The van der Waals surface area contributed by atoms with Gasteiger partial charge in [-0.15, -0.1) is 0 Å². The topological polar surface area (TPSA) is 88.5 Å². The molecule has 0 unspecified atom stereocenters. The average molecular weight is 428 g/mol. The van der Waals surface area contributed by atoms with Gasteiger partial charge >= 0.3 is 0 Å². The van der Waals surface area contributed by atoms with E-state index in [0.717, 1.165) is 23.5 Å². The van der Waals surface area contributed by atoms with Crippen molar-refractivity contribution < 1.29 is 9.53 Å². The summed E-state index contributed by atoms with van der Waals surface area (Å²) in [5.74, 6) is -0.278. The number of anilines is 2. The van der Waals surface area contributed by atoms with E-state index in [9.17, 15) is 9.59 Å². The van der Waals surface area contributed by atoms with Gasteiger partial charge in [-0.25, -0.2) is 4.98 Å². The number of hydrogen-bond acceptors (Lipinski definition) is 7. The molecule has 158 valence electrons. The van der Waals surface area contributed by atoms with Crippen molar-refractivity contribution >= 4 is 38.8 Å². The van der Waals surface area contributed by atoms with Gasteiger partial charge in [0.25, 0.3) is 11.1 Å². The van der Waals surface area contributed by atoms with E-state index in [1.54, 1.807) is 26.4 Å². The third-order valence-corrected chi connectivity index (χ3v) is 6.20. The first-order chi connectivity index (χ1) is 14.4. The number of ether oxygens (including phenoxy) is 1. The highest BCUT2D eigenvalue weighted by Gasteiger charge is 2.25. The van der Waals surface area contributed by atoms with Gasteiger partial charge in [0.15, 0.2) is 0 Å². The quantitative estimate of drug-likeness (QED) is 0.665. The largest absolute Gasteiger partial charge is 0.473 e. The molecule has 2 atom stereocenters. The van der Waals surface area contributed by atoms with Crippen LogP contribution in [0.15, 0.2) is 35.3 Å². The van der Waals surface area contributed by atoms with Crippen molar-refractivity contribution in [3.8, 4) is 5.19 Å². The molecule has 3 aromatic rings. The Balaban J connectivity index is 1.72. The minimum absolute atomic E-state index is 0.136. The first kappa shape index (κ1) is 20.4. The predicted octanol–water partition coefficient (Wildman–Crippen LogP) is 2.44. The number of nitrogens with zero attached hydrogens (tertiary/aromatic N) is 3. The fourth-order valence-electron chi connectivity index (χ4n) is 3.88. The fourth-order valence-corrected chi connectivity index (χ4v) is 4.83. The van der Waals surface area contributed by atoms with Crippen molar-refractivity contribution in [2.24, 2.45) is 7.05 Å². The van der Waals surface area contributed by atoms with Gasteiger partial charge in [-0.05, 0) is 32.0 Å². The first-order valence-corrected chi connectivity index (χ1v) is 10.6. The molecule has 9 heteroatoms. The van der Waals surface area contributed by atoms with E-state index in [0.29, 0.717) is 34.0 Å². The molecule has 0 aliphatic carbocycles. The van der Waals surface area contributed by atoms with Crippen LogP contribution in [0.2, 0.25) is 0 Å². The van der Waals surface area contributed by atoms with E-state index in [-0.39, 0.29) is 11.5 Å².